The Morgan fingerprint density at radius 2 is 1.72 bits per heavy atom. The van der Waals surface area contributed by atoms with E-state index in [1.54, 1.807) is 0 Å². The SMILES string of the molecule is C=CCOP(=O)(OCC[CH2-])OCC(NC(=O)OCC1c2ccccc2-c2ccccc21)C(=O)NCCCC.[U]. The summed E-state index contributed by atoms with van der Waals surface area (Å²) in [5.41, 5.74) is 4.36. The molecule has 0 bridgehead atoms. The van der Waals surface area contributed by atoms with Crippen LogP contribution in [0.1, 0.15) is 43.2 Å². The van der Waals surface area contributed by atoms with Gasteiger partial charge in [-0.15, -0.1) is 6.58 Å². The van der Waals surface area contributed by atoms with Crippen LogP contribution >= 0.6 is 7.82 Å². The Labute approximate surface area is 254 Å². The van der Waals surface area contributed by atoms with E-state index in [4.69, 9.17) is 18.3 Å². The second-order valence-corrected chi connectivity index (χ2v) is 10.4. The quantitative estimate of drug-likeness (QED) is 0.102. The van der Waals surface area contributed by atoms with E-state index in [2.05, 4.69) is 24.1 Å². The molecular formula is C28H36N2O7PU-. The molecule has 2 atom stereocenters. The molecule has 0 saturated carbocycles. The van der Waals surface area contributed by atoms with Crippen molar-refractivity contribution >= 4 is 19.8 Å². The third kappa shape index (κ3) is 9.60. The van der Waals surface area contributed by atoms with Crippen LogP contribution in [0.25, 0.3) is 11.1 Å². The van der Waals surface area contributed by atoms with Gasteiger partial charge in [0.2, 0.25) is 5.91 Å². The van der Waals surface area contributed by atoms with Crippen molar-refractivity contribution < 1.29 is 63.6 Å². The topological polar surface area (TPSA) is 112 Å². The molecule has 11 heteroatoms. The minimum absolute atomic E-state index is 0. The largest absolute Gasteiger partial charge is 0.475 e. The summed E-state index contributed by atoms with van der Waals surface area (Å²) in [5.74, 6) is -0.635. The van der Waals surface area contributed by atoms with Crippen LogP contribution in [-0.2, 0) is 27.7 Å². The van der Waals surface area contributed by atoms with Crippen LogP contribution in [0, 0.1) is 38.0 Å². The maximum Gasteiger partial charge on any atom is 0.475 e. The fourth-order valence-electron chi connectivity index (χ4n) is 4.07. The maximum atomic E-state index is 12.9. The van der Waals surface area contributed by atoms with E-state index in [1.165, 1.54) is 6.08 Å². The Hall–Kier alpha value is -1.92. The van der Waals surface area contributed by atoms with Crippen LogP contribution in [-0.4, -0.2) is 51.0 Å². The molecule has 0 aromatic heterocycles. The molecule has 1 aliphatic rings. The molecule has 1 aliphatic carbocycles. The molecule has 9 nitrogen and oxygen atoms in total. The second-order valence-electron chi connectivity index (χ2n) is 8.68. The van der Waals surface area contributed by atoms with E-state index in [9.17, 15) is 14.2 Å². The third-order valence-electron chi connectivity index (χ3n) is 5.93. The summed E-state index contributed by atoms with van der Waals surface area (Å²) in [6, 6.07) is 14.8. The van der Waals surface area contributed by atoms with Gasteiger partial charge in [0.15, 0.2) is 0 Å². The van der Waals surface area contributed by atoms with Crippen molar-refractivity contribution in [2.45, 2.75) is 38.1 Å². The van der Waals surface area contributed by atoms with Crippen molar-refractivity contribution in [2.75, 3.05) is 33.0 Å². The first-order valence-electron chi connectivity index (χ1n) is 12.8. The maximum absolute atomic E-state index is 12.9. The van der Waals surface area contributed by atoms with Gasteiger partial charge in [-0.3, -0.25) is 18.4 Å². The van der Waals surface area contributed by atoms with Gasteiger partial charge < -0.3 is 22.3 Å². The molecule has 2 unspecified atom stereocenters. The summed E-state index contributed by atoms with van der Waals surface area (Å²) in [7, 11) is -4.01. The molecule has 39 heavy (non-hydrogen) atoms. The molecule has 2 amide bonds. The predicted octanol–water partition coefficient (Wildman–Crippen LogP) is 5.38. The van der Waals surface area contributed by atoms with Crippen molar-refractivity contribution in [3.63, 3.8) is 0 Å². The van der Waals surface area contributed by atoms with E-state index in [0.29, 0.717) is 13.0 Å². The Kier molecular flexibility index (Phi) is 14.5. The number of hydrogen-bond acceptors (Lipinski definition) is 7. The molecule has 3 rings (SSSR count). The molecule has 0 radical (unpaired) electrons. The zero-order chi connectivity index (χ0) is 27.4. The standard InChI is InChI=1S/C28H36N2O7P.U/c1-4-7-16-29-27(31)26(20-37-38(33,35-17-5-2)36-18-6-3)30-28(32)34-19-25-23-14-10-8-12-21(23)22-13-9-11-15-24(22)25;/h5,8-15,25-26H,2-4,6-7,16-20H2,1H3,(H,29,31)(H,30,32);/q-1;. The van der Waals surface area contributed by atoms with E-state index in [-0.39, 0.29) is 56.9 Å². The van der Waals surface area contributed by atoms with Gasteiger partial charge in [-0.2, -0.15) is 6.42 Å². The number of unbranched alkanes of at least 4 members (excludes halogenated alkanes) is 1. The van der Waals surface area contributed by atoms with Gasteiger partial charge >= 0.3 is 13.9 Å². The fraction of sp³-hybridized carbons (Fsp3) is 0.393. The number of carbonyl (C=O) groups excluding carboxylic acids is 2. The summed E-state index contributed by atoms with van der Waals surface area (Å²) in [6.45, 7) is 9.15. The number of nitrogens with one attached hydrogen (secondary N) is 2. The summed E-state index contributed by atoms with van der Waals surface area (Å²) < 4.78 is 34.3. The average Bonchev–Trinajstić information content (AvgIpc) is 3.25. The molecule has 0 saturated heterocycles. The summed E-state index contributed by atoms with van der Waals surface area (Å²) in [6.07, 6.45) is 2.58. The van der Waals surface area contributed by atoms with Crippen molar-refractivity contribution in [2.24, 2.45) is 0 Å². The second kappa shape index (κ2) is 17.0. The molecule has 0 heterocycles. The van der Waals surface area contributed by atoms with Crippen LogP contribution < -0.4 is 10.6 Å². The molecular weight excluding hydrogens is 745 g/mol. The zero-order valence-corrected chi connectivity index (χ0v) is 27.3. The van der Waals surface area contributed by atoms with Gasteiger partial charge in [0.25, 0.3) is 0 Å². The minimum Gasteiger partial charge on any atom is -0.449 e. The molecule has 210 valence electrons. The van der Waals surface area contributed by atoms with Crippen LogP contribution in [0.3, 0.4) is 0 Å². The van der Waals surface area contributed by atoms with E-state index < -0.39 is 32.5 Å². The average molecular weight is 782 g/mol. The van der Waals surface area contributed by atoms with Gasteiger partial charge in [0.05, 0.1) is 13.2 Å². The number of ether oxygens (including phenoxy) is 1. The predicted molar refractivity (Wildman–Crippen MR) is 146 cm³/mol. The van der Waals surface area contributed by atoms with Crippen molar-refractivity contribution in [3.05, 3.63) is 79.2 Å². The van der Waals surface area contributed by atoms with Crippen LogP contribution in [0.4, 0.5) is 4.79 Å². The first-order valence-corrected chi connectivity index (χ1v) is 14.2. The molecule has 0 fully saturated rings. The van der Waals surface area contributed by atoms with Gasteiger partial charge in [0, 0.05) is 50.2 Å². The number of alkyl carbamates (subject to hydrolysis) is 1. The third-order valence-corrected chi connectivity index (χ3v) is 7.35. The van der Waals surface area contributed by atoms with Gasteiger partial charge in [-0.1, -0.05) is 68.0 Å². The number of fused-ring (bicyclic) bond motifs is 3. The number of rotatable bonds is 16. The van der Waals surface area contributed by atoms with E-state index in [1.807, 2.05) is 55.5 Å². The Morgan fingerprint density at radius 1 is 1.08 bits per heavy atom. The van der Waals surface area contributed by atoms with Crippen molar-refractivity contribution in [1.82, 2.24) is 10.6 Å². The Morgan fingerprint density at radius 3 is 2.31 bits per heavy atom. The van der Waals surface area contributed by atoms with Crippen molar-refractivity contribution in [3.8, 4) is 11.1 Å². The molecule has 0 aliphatic heterocycles. The summed E-state index contributed by atoms with van der Waals surface area (Å²) in [4.78, 5) is 25.6. The number of carbonyl (C=O) groups is 2. The minimum atomic E-state index is -4.01. The normalized spacial score (nSPS) is 14.2. The molecule has 2 N–H and O–H groups in total. The zero-order valence-electron chi connectivity index (χ0n) is 22.2. The van der Waals surface area contributed by atoms with Crippen LogP contribution in [0.15, 0.2) is 61.2 Å². The van der Waals surface area contributed by atoms with E-state index in [0.717, 1.165) is 35.1 Å². The summed E-state index contributed by atoms with van der Waals surface area (Å²) in [5, 5.41) is 5.29. The van der Waals surface area contributed by atoms with E-state index >= 15 is 0 Å². The molecule has 2 aromatic rings. The summed E-state index contributed by atoms with van der Waals surface area (Å²) >= 11 is 0. The Balaban J connectivity index is 0.00000533. The first-order chi connectivity index (χ1) is 18.4. The fourth-order valence-corrected chi connectivity index (χ4v) is 5.27. The van der Waals surface area contributed by atoms with Crippen molar-refractivity contribution in [1.29, 1.82) is 0 Å². The number of phosphoric ester groups is 1. The monoisotopic (exact) mass is 781 g/mol. The number of hydrogen-bond donors (Lipinski definition) is 2. The van der Waals surface area contributed by atoms with Crippen LogP contribution in [0.2, 0.25) is 0 Å². The number of phosphoric acid groups is 1. The van der Waals surface area contributed by atoms with Crippen LogP contribution in [0.5, 0.6) is 0 Å². The smallest absolute Gasteiger partial charge is 0.449 e. The van der Waals surface area contributed by atoms with Gasteiger partial charge in [-0.25, -0.2) is 9.36 Å². The first kappa shape index (κ1) is 33.3. The molecule has 0 spiro atoms. The number of amides is 2. The van der Waals surface area contributed by atoms with Gasteiger partial charge in [-0.05, 0) is 28.7 Å². The van der Waals surface area contributed by atoms with Gasteiger partial charge in [0.1, 0.15) is 12.6 Å². The Bertz CT molecular complexity index is 1100. The molecule has 2 aromatic carbocycles. The number of benzene rings is 2.